The van der Waals surface area contributed by atoms with Gasteiger partial charge in [-0.15, -0.1) is 11.3 Å². The molecule has 2 N–H and O–H groups in total. The van der Waals surface area contributed by atoms with Crippen LogP contribution in [0.4, 0.5) is 0 Å². The van der Waals surface area contributed by atoms with E-state index < -0.39 is 10.0 Å². The molecule has 0 spiro atoms. The molecule has 0 radical (unpaired) electrons. The summed E-state index contributed by atoms with van der Waals surface area (Å²) in [4.78, 5) is 1.34. The molecule has 1 heterocycles. The van der Waals surface area contributed by atoms with Gasteiger partial charge in [0.1, 0.15) is 0 Å². The van der Waals surface area contributed by atoms with E-state index in [1.54, 1.807) is 6.07 Å². The molecule has 1 aromatic rings. The quantitative estimate of drug-likeness (QED) is 0.725. The molecular weight excluding hydrogens is 280 g/mol. The molecular formula is C13H22N2O2S2. The van der Waals surface area contributed by atoms with Crippen LogP contribution in [0.3, 0.4) is 0 Å². The minimum Gasteiger partial charge on any atom is -0.312 e. The van der Waals surface area contributed by atoms with E-state index in [9.17, 15) is 8.42 Å². The molecule has 2 atom stereocenters. The van der Waals surface area contributed by atoms with Gasteiger partial charge in [0.15, 0.2) is 0 Å². The van der Waals surface area contributed by atoms with Crippen LogP contribution in [0.25, 0.3) is 0 Å². The Morgan fingerprint density at radius 3 is 2.84 bits per heavy atom. The predicted molar refractivity (Wildman–Crippen MR) is 78.8 cm³/mol. The highest BCUT2D eigenvalue weighted by molar-refractivity contribution is 7.89. The Morgan fingerprint density at radius 2 is 2.21 bits per heavy atom. The van der Waals surface area contributed by atoms with Gasteiger partial charge < -0.3 is 5.32 Å². The third-order valence-electron chi connectivity index (χ3n) is 3.46. The normalized spacial score (nSPS) is 22.6. The molecule has 0 bridgehead atoms. The first-order valence-corrected chi connectivity index (χ1v) is 9.24. The zero-order valence-corrected chi connectivity index (χ0v) is 13.1. The highest BCUT2D eigenvalue weighted by atomic mass is 32.2. The van der Waals surface area contributed by atoms with Gasteiger partial charge in [0.2, 0.25) is 10.0 Å². The standard InChI is InChI=1S/C13H22N2O2S2/c1-3-6-14-9-12-13(5-7-18-12)19(16,17)15-11-8-10(11)4-2/h5,7,10-11,14-15H,3-4,6,8-9H2,1-2H3. The van der Waals surface area contributed by atoms with Crippen molar-refractivity contribution in [2.45, 2.75) is 50.6 Å². The van der Waals surface area contributed by atoms with Crippen molar-refractivity contribution >= 4 is 21.4 Å². The topological polar surface area (TPSA) is 58.2 Å². The monoisotopic (exact) mass is 302 g/mol. The van der Waals surface area contributed by atoms with Crippen molar-refractivity contribution in [1.29, 1.82) is 0 Å². The van der Waals surface area contributed by atoms with Crippen molar-refractivity contribution in [3.63, 3.8) is 0 Å². The second-order valence-electron chi connectivity index (χ2n) is 5.02. The maximum Gasteiger partial charge on any atom is 0.241 e. The second-order valence-corrected chi connectivity index (χ2v) is 7.70. The molecule has 6 heteroatoms. The Hall–Kier alpha value is -0.430. The van der Waals surface area contributed by atoms with Gasteiger partial charge in [-0.1, -0.05) is 20.3 Å². The van der Waals surface area contributed by atoms with Crippen LogP contribution in [0.2, 0.25) is 0 Å². The zero-order valence-electron chi connectivity index (χ0n) is 11.5. The molecule has 1 saturated carbocycles. The fourth-order valence-corrected chi connectivity index (χ4v) is 4.91. The minimum atomic E-state index is -3.34. The molecule has 0 saturated heterocycles. The largest absolute Gasteiger partial charge is 0.312 e. The van der Waals surface area contributed by atoms with Crippen LogP contribution in [0.5, 0.6) is 0 Å². The maximum absolute atomic E-state index is 12.3. The van der Waals surface area contributed by atoms with Gasteiger partial charge in [0, 0.05) is 17.5 Å². The lowest BCUT2D eigenvalue weighted by atomic mass is 10.3. The van der Waals surface area contributed by atoms with Gasteiger partial charge in [-0.2, -0.15) is 0 Å². The molecule has 1 aliphatic carbocycles. The minimum absolute atomic E-state index is 0.145. The van der Waals surface area contributed by atoms with Crippen LogP contribution in [-0.2, 0) is 16.6 Å². The van der Waals surface area contributed by atoms with E-state index in [1.165, 1.54) is 11.3 Å². The average Bonchev–Trinajstić information content (AvgIpc) is 2.92. The molecule has 2 rings (SSSR count). The first-order valence-electron chi connectivity index (χ1n) is 6.88. The van der Waals surface area contributed by atoms with Gasteiger partial charge in [-0.25, -0.2) is 13.1 Å². The van der Waals surface area contributed by atoms with Crippen molar-refractivity contribution in [1.82, 2.24) is 10.0 Å². The van der Waals surface area contributed by atoms with Crippen LogP contribution in [-0.4, -0.2) is 21.0 Å². The lowest BCUT2D eigenvalue weighted by Crippen LogP contribution is -2.28. The number of nitrogens with one attached hydrogen (secondary N) is 2. The molecule has 0 amide bonds. The van der Waals surface area contributed by atoms with Crippen LogP contribution >= 0.6 is 11.3 Å². The van der Waals surface area contributed by atoms with E-state index in [0.29, 0.717) is 17.4 Å². The zero-order chi connectivity index (χ0) is 13.9. The van der Waals surface area contributed by atoms with Crippen LogP contribution < -0.4 is 10.0 Å². The van der Waals surface area contributed by atoms with Gasteiger partial charge in [0.05, 0.1) is 4.90 Å². The SMILES string of the molecule is CCCNCc1sccc1S(=O)(=O)NC1CC1CC. The van der Waals surface area contributed by atoms with Crippen LogP contribution in [0.1, 0.15) is 38.0 Å². The van der Waals surface area contributed by atoms with E-state index in [0.717, 1.165) is 30.7 Å². The molecule has 1 fully saturated rings. The predicted octanol–water partition coefficient (Wildman–Crippen LogP) is 2.32. The van der Waals surface area contributed by atoms with E-state index in [4.69, 9.17) is 0 Å². The van der Waals surface area contributed by atoms with Gasteiger partial charge in [0.25, 0.3) is 0 Å². The lowest BCUT2D eigenvalue weighted by molar-refractivity contribution is 0.574. The fraction of sp³-hybridized carbons (Fsp3) is 0.692. The Kier molecular flexibility index (Phi) is 5.00. The maximum atomic E-state index is 12.3. The molecule has 4 nitrogen and oxygen atoms in total. The van der Waals surface area contributed by atoms with Crippen molar-refractivity contribution in [3.8, 4) is 0 Å². The van der Waals surface area contributed by atoms with Gasteiger partial charge in [-0.3, -0.25) is 0 Å². The van der Waals surface area contributed by atoms with Crippen LogP contribution in [0, 0.1) is 5.92 Å². The summed E-state index contributed by atoms with van der Waals surface area (Å²) < 4.78 is 27.5. The first kappa shape index (κ1) is 15.0. The van der Waals surface area contributed by atoms with Crippen molar-refractivity contribution < 1.29 is 8.42 Å². The third kappa shape index (κ3) is 3.78. The molecule has 0 aliphatic heterocycles. The molecule has 19 heavy (non-hydrogen) atoms. The molecule has 1 aromatic heterocycles. The van der Waals surface area contributed by atoms with E-state index in [1.807, 2.05) is 5.38 Å². The fourth-order valence-electron chi connectivity index (χ4n) is 2.18. The second kappa shape index (κ2) is 6.35. The Bertz CT molecular complexity index is 510. The Morgan fingerprint density at radius 1 is 1.42 bits per heavy atom. The highest BCUT2D eigenvalue weighted by Crippen LogP contribution is 2.35. The van der Waals surface area contributed by atoms with Crippen molar-refractivity contribution in [2.75, 3.05) is 6.54 Å². The summed E-state index contributed by atoms with van der Waals surface area (Å²) in [6, 6.07) is 1.85. The van der Waals surface area contributed by atoms with Crippen molar-refractivity contribution in [3.05, 3.63) is 16.3 Å². The Labute approximate surface area is 119 Å². The summed E-state index contributed by atoms with van der Waals surface area (Å²) in [5, 5.41) is 5.11. The Balaban J connectivity index is 2.02. The van der Waals surface area contributed by atoms with Crippen molar-refractivity contribution in [2.24, 2.45) is 5.92 Å². The average molecular weight is 302 g/mol. The number of rotatable bonds is 8. The van der Waals surface area contributed by atoms with E-state index >= 15 is 0 Å². The highest BCUT2D eigenvalue weighted by Gasteiger charge is 2.39. The summed E-state index contributed by atoms with van der Waals surface area (Å²) in [7, 11) is -3.34. The molecule has 0 aromatic carbocycles. The summed E-state index contributed by atoms with van der Waals surface area (Å²) >= 11 is 1.50. The lowest BCUT2D eigenvalue weighted by Gasteiger charge is -2.08. The summed E-state index contributed by atoms with van der Waals surface area (Å²) in [6.07, 6.45) is 3.07. The van der Waals surface area contributed by atoms with E-state index in [-0.39, 0.29) is 6.04 Å². The number of hydrogen-bond donors (Lipinski definition) is 2. The van der Waals surface area contributed by atoms with Gasteiger partial charge >= 0.3 is 0 Å². The number of hydrogen-bond acceptors (Lipinski definition) is 4. The smallest absolute Gasteiger partial charge is 0.241 e. The first-order chi connectivity index (χ1) is 9.08. The van der Waals surface area contributed by atoms with Gasteiger partial charge in [-0.05, 0) is 36.8 Å². The van der Waals surface area contributed by atoms with E-state index in [2.05, 4.69) is 23.9 Å². The third-order valence-corrected chi connectivity index (χ3v) is 6.08. The number of sulfonamides is 1. The van der Waals surface area contributed by atoms with Crippen LogP contribution in [0.15, 0.2) is 16.3 Å². The molecule has 108 valence electrons. The summed E-state index contributed by atoms with van der Waals surface area (Å²) in [5.74, 6) is 0.523. The summed E-state index contributed by atoms with van der Waals surface area (Å²) in [6.45, 7) is 5.73. The number of thiophene rings is 1. The molecule has 1 aliphatic rings. The summed E-state index contributed by atoms with van der Waals surface area (Å²) in [5.41, 5.74) is 0. The molecule has 2 unspecified atom stereocenters.